The van der Waals surface area contributed by atoms with E-state index < -0.39 is 6.04 Å². The maximum absolute atomic E-state index is 12.5. The molecule has 5 nitrogen and oxygen atoms in total. The lowest BCUT2D eigenvalue weighted by Crippen LogP contribution is -2.58. The fourth-order valence-electron chi connectivity index (χ4n) is 2.39. The number of amides is 2. The first-order valence-corrected chi connectivity index (χ1v) is 7.72. The van der Waals surface area contributed by atoms with Gasteiger partial charge >= 0.3 is 0 Å². The molecule has 1 N–H and O–H groups in total. The van der Waals surface area contributed by atoms with Crippen LogP contribution >= 0.6 is 11.3 Å². The van der Waals surface area contributed by atoms with Gasteiger partial charge in [0.2, 0.25) is 11.8 Å². The van der Waals surface area contributed by atoms with Crippen molar-refractivity contribution < 1.29 is 9.59 Å². The highest BCUT2D eigenvalue weighted by Crippen LogP contribution is 2.27. The molecule has 1 fully saturated rings. The Bertz CT molecular complexity index is 512. The number of hydrogen-bond acceptors (Lipinski definition) is 4. The Morgan fingerprint density at radius 3 is 2.70 bits per heavy atom. The topological polar surface area (TPSA) is 62.3 Å². The van der Waals surface area contributed by atoms with E-state index in [1.54, 1.807) is 22.4 Å². The van der Waals surface area contributed by atoms with E-state index in [4.69, 9.17) is 0 Å². The van der Waals surface area contributed by atoms with Gasteiger partial charge in [-0.05, 0) is 26.2 Å². The highest BCUT2D eigenvalue weighted by atomic mass is 32.1. The smallest absolute Gasteiger partial charge is 0.246 e. The Hall–Kier alpha value is -1.43. The van der Waals surface area contributed by atoms with Gasteiger partial charge in [0.05, 0.1) is 6.04 Å². The molecule has 2 heterocycles. The normalized spacial score (nSPS) is 21.2. The van der Waals surface area contributed by atoms with Crippen molar-refractivity contribution in [3.05, 3.63) is 16.1 Å². The van der Waals surface area contributed by atoms with Crippen LogP contribution in [0.15, 0.2) is 6.20 Å². The van der Waals surface area contributed by atoms with Crippen molar-refractivity contribution in [1.82, 2.24) is 15.2 Å². The van der Waals surface area contributed by atoms with Crippen LogP contribution in [0.3, 0.4) is 0 Å². The summed E-state index contributed by atoms with van der Waals surface area (Å²) in [4.78, 5) is 31.4. The zero-order chi connectivity index (χ0) is 14.9. The number of nitrogens with zero attached hydrogens (tertiary/aromatic N) is 2. The monoisotopic (exact) mass is 295 g/mol. The van der Waals surface area contributed by atoms with E-state index in [1.165, 1.54) is 0 Å². The van der Waals surface area contributed by atoms with E-state index in [0.717, 1.165) is 9.88 Å². The highest BCUT2D eigenvalue weighted by Gasteiger charge is 2.36. The molecule has 0 bridgehead atoms. The minimum absolute atomic E-state index is 0.00125. The number of hydrogen-bond donors (Lipinski definition) is 1. The van der Waals surface area contributed by atoms with E-state index in [9.17, 15) is 9.59 Å². The third-order valence-corrected chi connectivity index (χ3v) is 4.48. The molecule has 0 aromatic carbocycles. The van der Waals surface area contributed by atoms with Gasteiger partial charge < -0.3 is 10.2 Å². The summed E-state index contributed by atoms with van der Waals surface area (Å²) in [7, 11) is 0. The van der Waals surface area contributed by atoms with Crippen LogP contribution in [0.1, 0.15) is 43.1 Å². The van der Waals surface area contributed by atoms with Crippen molar-refractivity contribution in [2.45, 2.75) is 46.2 Å². The second kappa shape index (κ2) is 5.91. The minimum atomic E-state index is -0.403. The SMILES string of the molecule is Cc1cnc(C(C)N2CC(=O)NC(CC(C)C)C2=O)s1. The summed E-state index contributed by atoms with van der Waals surface area (Å²) < 4.78 is 0. The Labute approximate surface area is 123 Å². The summed E-state index contributed by atoms with van der Waals surface area (Å²) in [6.07, 6.45) is 2.47. The van der Waals surface area contributed by atoms with Crippen molar-refractivity contribution in [3.63, 3.8) is 0 Å². The lowest BCUT2D eigenvalue weighted by atomic mass is 10.00. The molecule has 0 saturated carbocycles. The molecule has 1 aliphatic rings. The number of aromatic nitrogens is 1. The quantitative estimate of drug-likeness (QED) is 0.922. The summed E-state index contributed by atoms with van der Waals surface area (Å²) in [5.74, 6) is 0.274. The van der Waals surface area contributed by atoms with Crippen LogP contribution in [0.2, 0.25) is 0 Å². The number of carbonyl (C=O) groups is 2. The molecule has 1 aromatic rings. The van der Waals surface area contributed by atoms with Crippen LogP contribution in [-0.2, 0) is 9.59 Å². The predicted octanol–water partition coefficient (Wildman–Crippen LogP) is 1.89. The van der Waals surface area contributed by atoms with Crippen LogP contribution in [0.25, 0.3) is 0 Å². The fourth-order valence-corrected chi connectivity index (χ4v) is 3.23. The average Bonchev–Trinajstić information content (AvgIpc) is 2.78. The number of carbonyl (C=O) groups excluding carboxylic acids is 2. The summed E-state index contributed by atoms with van der Waals surface area (Å²) >= 11 is 1.57. The second-order valence-corrected chi connectivity index (χ2v) is 6.97. The summed E-state index contributed by atoms with van der Waals surface area (Å²) in [6, 6.07) is -0.554. The lowest BCUT2D eigenvalue weighted by Gasteiger charge is -2.36. The largest absolute Gasteiger partial charge is 0.343 e. The molecule has 2 atom stereocenters. The molecule has 1 aromatic heterocycles. The van der Waals surface area contributed by atoms with E-state index in [2.05, 4.69) is 10.3 Å². The standard InChI is InChI=1S/C14H21N3O2S/c1-8(2)5-11-14(19)17(7-12(18)16-11)10(4)13-15-6-9(3)20-13/h6,8,10-11H,5,7H2,1-4H3,(H,16,18). The molecule has 6 heteroatoms. The van der Waals surface area contributed by atoms with Crippen LogP contribution in [0.5, 0.6) is 0 Å². The van der Waals surface area contributed by atoms with E-state index in [0.29, 0.717) is 12.3 Å². The van der Waals surface area contributed by atoms with Crippen LogP contribution in [0.4, 0.5) is 0 Å². The van der Waals surface area contributed by atoms with Crippen molar-refractivity contribution in [2.24, 2.45) is 5.92 Å². The zero-order valence-corrected chi connectivity index (χ0v) is 13.2. The van der Waals surface area contributed by atoms with E-state index in [1.807, 2.05) is 27.7 Å². The molecular weight excluding hydrogens is 274 g/mol. The molecule has 2 unspecified atom stereocenters. The third-order valence-electron chi connectivity index (χ3n) is 3.40. The van der Waals surface area contributed by atoms with Gasteiger partial charge in [-0.25, -0.2) is 4.98 Å². The Kier molecular flexibility index (Phi) is 4.42. The molecule has 2 amide bonds. The van der Waals surface area contributed by atoms with Crippen LogP contribution in [-0.4, -0.2) is 34.3 Å². The number of nitrogens with one attached hydrogen (secondary N) is 1. The first kappa shape index (κ1) is 15.0. The number of rotatable bonds is 4. The molecule has 110 valence electrons. The summed E-state index contributed by atoms with van der Waals surface area (Å²) in [5.41, 5.74) is 0. The molecule has 0 radical (unpaired) electrons. The molecule has 0 aliphatic carbocycles. The van der Waals surface area contributed by atoms with Crippen molar-refractivity contribution in [1.29, 1.82) is 0 Å². The lowest BCUT2D eigenvalue weighted by molar-refractivity contribution is -0.146. The predicted molar refractivity (Wildman–Crippen MR) is 78.4 cm³/mol. The maximum Gasteiger partial charge on any atom is 0.246 e. The van der Waals surface area contributed by atoms with Gasteiger partial charge in [-0.3, -0.25) is 9.59 Å². The molecule has 1 aliphatic heterocycles. The highest BCUT2D eigenvalue weighted by molar-refractivity contribution is 7.11. The first-order chi connectivity index (χ1) is 9.38. The van der Waals surface area contributed by atoms with Crippen molar-refractivity contribution >= 4 is 23.2 Å². The molecule has 1 saturated heterocycles. The van der Waals surface area contributed by atoms with Gasteiger partial charge in [-0.15, -0.1) is 11.3 Å². The maximum atomic E-state index is 12.5. The Balaban J connectivity index is 2.17. The zero-order valence-electron chi connectivity index (χ0n) is 12.3. The summed E-state index contributed by atoms with van der Waals surface area (Å²) in [6.45, 7) is 8.13. The minimum Gasteiger partial charge on any atom is -0.343 e. The Morgan fingerprint density at radius 2 is 2.15 bits per heavy atom. The average molecular weight is 295 g/mol. The van der Waals surface area contributed by atoms with Gasteiger partial charge in [0.1, 0.15) is 17.6 Å². The molecule has 0 spiro atoms. The van der Waals surface area contributed by atoms with Gasteiger partial charge in [0.25, 0.3) is 0 Å². The van der Waals surface area contributed by atoms with E-state index >= 15 is 0 Å². The molecular formula is C14H21N3O2S. The fraction of sp³-hybridized carbons (Fsp3) is 0.643. The molecule has 20 heavy (non-hydrogen) atoms. The van der Waals surface area contributed by atoms with Gasteiger partial charge in [0, 0.05) is 11.1 Å². The molecule has 2 rings (SSSR count). The number of piperazine rings is 1. The summed E-state index contributed by atoms with van der Waals surface area (Å²) in [5, 5.41) is 3.68. The third kappa shape index (κ3) is 3.17. The number of aryl methyl sites for hydroxylation is 1. The second-order valence-electron chi connectivity index (χ2n) is 5.70. The van der Waals surface area contributed by atoms with Gasteiger partial charge in [-0.2, -0.15) is 0 Å². The van der Waals surface area contributed by atoms with Crippen LogP contribution < -0.4 is 5.32 Å². The van der Waals surface area contributed by atoms with Crippen molar-refractivity contribution in [3.8, 4) is 0 Å². The van der Waals surface area contributed by atoms with E-state index in [-0.39, 0.29) is 24.4 Å². The number of thiazole rings is 1. The first-order valence-electron chi connectivity index (χ1n) is 6.90. The van der Waals surface area contributed by atoms with Crippen LogP contribution in [0, 0.1) is 12.8 Å². The van der Waals surface area contributed by atoms with Gasteiger partial charge in [-0.1, -0.05) is 13.8 Å². The van der Waals surface area contributed by atoms with Crippen molar-refractivity contribution in [2.75, 3.05) is 6.54 Å². The Morgan fingerprint density at radius 1 is 1.45 bits per heavy atom. The van der Waals surface area contributed by atoms with Gasteiger partial charge in [0.15, 0.2) is 0 Å².